The molecular weight excluding hydrogens is 394 g/mol. The van der Waals surface area contributed by atoms with Crippen molar-refractivity contribution in [2.45, 2.75) is 84.5 Å². The van der Waals surface area contributed by atoms with Crippen LogP contribution in [-0.2, 0) is 25.4 Å². The molecule has 1 rings (SSSR count). The van der Waals surface area contributed by atoms with Crippen molar-refractivity contribution in [3.63, 3.8) is 0 Å². The number of carbonyl (C=O) groups is 2. The monoisotopic (exact) mass is 435 g/mol. The Morgan fingerprint density at radius 1 is 1.00 bits per heavy atom. The number of rotatable bonds is 13. The molecule has 1 aromatic rings. The lowest BCUT2D eigenvalue weighted by molar-refractivity contribution is -0.146. The number of nitrogens with zero attached hydrogens (tertiary/aromatic N) is 1. The quantitative estimate of drug-likeness (QED) is 0.231. The summed E-state index contributed by atoms with van der Waals surface area (Å²) in [6, 6.07) is 9.62. The molecule has 0 saturated heterocycles. The molecular formula is C24H41NO4Si. The largest absolute Gasteiger partial charge is 0.461 e. The summed E-state index contributed by atoms with van der Waals surface area (Å²) in [6.45, 7) is 14.8. The fourth-order valence-electron chi connectivity index (χ4n) is 2.71. The van der Waals surface area contributed by atoms with Crippen molar-refractivity contribution in [1.82, 2.24) is 4.90 Å². The van der Waals surface area contributed by atoms with E-state index in [1.807, 2.05) is 30.3 Å². The van der Waals surface area contributed by atoms with Gasteiger partial charge in [-0.15, -0.1) is 0 Å². The zero-order valence-electron chi connectivity index (χ0n) is 19.8. The number of amides is 1. The average Bonchev–Trinajstić information content (AvgIpc) is 2.68. The second-order valence-electron chi connectivity index (χ2n) is 9.34. The summed E-state index contributed by atoms with van der Waals surface area (Å²) >= 11 is 0. The molecule has 0 bridgehead atoms. The molecule has 0 atom stereocenters. The van der Waals surface area contributed by atoms with E-state index in [9.17, 15) is 9.59 Å². The molecule has 5 nitrogen and oxygen atoms in total. The summed E-state index contributed by atoms with van der Waals surface area (Å²) in [5, 5.41) is 0.129. The number of hydrogen-bond acceptors (Lipinski definition) is 4. The van der Waals surface area contributed by atoms with Crippen LogP contribution in [0.2, 0.25) is 18.1 Å². The molecule has 0 aliphatic rings. The average molecular weight is 436 g/mol. The second-order valence-corrected chi connectivity index (χ2v) is 14.2. The summed E-state index contributed by atoms with van der Waals surface area (Å²) in [5.74, 6) is -0.186. The predicted octanol–water partition coefficient (Wildman–Crippen LogP) is 5.55. The molecule has 170 valence electrons. The molecule has 0 aliphatic heterocycles. The third kappa shape index (κ3) is 9.89. The van der Waals surface area contributed by atoms with Crippen molar-refractivity contribution in [2.24, 2.45) is 0 Å². The summed E-state index contributed by atoms with van der Waals surface area (Å²) in [4.78, 5) is 26.6. The highest BCUT2D eigenvalue weighted by Gasteiger charge is 2.37. The molecule has 0 unspecified atom stereocenters. The van der Waals surface area contributed by atoms with Crippen LogP contribution >= 0.6 is 0 Å². The Bertz CT molecular complexity index is 640. The van der Waals surface area contributed by atoms with Gasteiger partial charge in [0, 0.05) is 19.5 Å². The van der Waals surface area contributed by atoms with Gasteiger partial charge in [-0.1, -0.05) is 70.9 Å². The zero-order valence-corrected chi connectivity index (χ0v) is 20.8. The molecule has 0 fully saturated rings. The third-order valence-electron chi connectivity index (χ3n) is 5.81. The van der Waals surface area contributed by atoms with E-state index in [2.05, 4.69) is 40.8 Å². The van der Waals surface area contributed by atoms with Gasteiger partial charge in [-0.25, -0.2) is 0 Å². The third-order valence-corrected chi connectivity index (χ3v) is 10.3. The maximum atomic E-state index is 12.7. The van der Waals surface area contributed by atoms with Crippen molar-refractivity contribution in [1.29, 1.82) is 0 Å². The van der Waals surface area contributed by atoms with Gasteiger partial charge in [0.1, 0.15) is 6.61 Å². The van der Waals surface area contributed by atoms with E-state index in [0.717, 1.165) is 24.8 Å². The lowest BCUT2D eigenvalue weighted by Crippen LogP contribution is -2.44. The first-order valence-electron chi connectivity index (χ1n) is 11.2. The lowest BCUT2D eigenvalue weighted by Gasteiger charge is -2.36. The first-order valence-corrected chi connectivity index (χ1v) is 14.1. The highest BCUT2D eigenvalue weighted by molar-refractivity contribution is 6.74. The fourth-order valence-corrected chi connectivity index (χ4v) is 3.74. The van der Waals surface area contributed by atoms with Gasteiger partial charge in [0.2, 0.25) is 5.91 Å². The van der Waals surface area contributed by atoms with Gasteiger partial charge in [0.05, 0.1) is 13.0 Å². The summed E-state index contributed by atoms with van der Waals surface area (Å²) in [5.41, 5.74) is 0.959. The van der Waals surface area contributed by atoms with Crippen LogP contribution in [0.15, 0.2) is 30.3 Å². The van der Waals surface area contributed by atoms with Crippen molar-refractivity contribution in [3.8, 4) is 0 Å². The van der Waals surface area contributed by atoms with Gasteiger partial charge in [-0.3, -0.25) is 9.59 Å². The molecule has 0 heterocycles. The molecule has 0 aromatic heterocycles. The molecule has 0 radical (unpaired) electrons. The van der Waals surface area contributed by atoms with Crippen molar-refractivity contribution >= 4 is 20.2 Å². The van der Waals surface area contributed by atoms with Crippen LogP contribution in [0, 0.1) is 0 Å². The summed E-state index contributed by atoms with van der Waals surface area (Å²) < 4.78 is 11.6. The Kier molecular flexibility index (Phi) is 11.3. The smallest absolute Gasteiger partial charge is 0.307 e. The van der Waals surface area contributed by atoms with Gasteiger partial charge >= 0.3 is 5.97 Å². The lowest BCUT2D eigenvalue weighted by atomic mass is 10.2. The Hall–Kier alpha value is -1.66. The topological polar surface area (TPSA) is 55.8 Å². The SMILES string of the molecule is CCCCCC(=O)N(CCO[Si](C)(C)C(C)(C)C)CCC(=O)OCc1ccccc1. The molecule has 0 saturated carbocycles. The van der Waals surface area contributed by atoms with Crippen molar-refractivity contribution < 1.29 is 18.8 Å². The normalized spacial score (nSPS) is 11.9. The summed E-state index contributed by atoms with van der Waals surface area (Å²) in [7, 11) is -1.86. The Labute approximate surface area is 184 Å². The number of esters is 1. The number of ether oxygens (including phenoxy) is 1. The van der Waals surface area contributed by atoms with Crippen molar-refractivity contribution in [3.05, 3.63) is 35.9 Å². The maximum absolute atomic E-state index is 12.7. The van der Waals surface area contributed by atoms with Gasteiger partial charge in [0.15, 0.2) is 8.32 Å². The molecule has 30 heavy (non-hydrogen) atoms. The van der Waals surface area contributed by atoms with E-state index in [4.69, 9.17) is 9.16 Å². The highest BCUT2D eigenvalue weighted by atomic mass is 28.4. The van der Waals surface area contributed by atoms with E-state index < -0.39 is 8.32 Å². The van der Waals surface area contributed by atoms with Crippen LogP contribution < -0.4 is 0 Å². The zero-order chi connectivity index (χ0) is 22.6. The Morgan fingerprint density at radius 2 is 1.67 bits per heavy atom. The molecule has 0 spiro atoms. The van der Waals surface area contributed by atoms with Gasteiger partial charge in [-0.05, 0) is 30.1 Å². The number of unbranched alkanes of at least 4 members (excludes halogenated alkanes) is 2. The minimum atomic E-state index is -1.86. The molecule has 6 heteroatoms. The van der Waals surface area contributed by atoms with Crippen LogP contribution in [0.5, 0.6) is 0 Å². The second kappa shape index (κ2) is 12.9. The predicted molar refractivity (Wildman–Crippen MR) is 125 cm³/mol. The van der Waals surface area contributed by atoms with Gasteiger partial charge in [-0.2, -0.15) is 0 Å². The van der Waals surface area contributed by atoms with E-state index in [0.29, 0.717) is 26.1 Å². The van der Waals surface area contributed by atoms with E-state index in [1.165, 1.54) is 0 Å². The molecule has 1 amide bonds. The van der Waals surface area contributed by atoms with E-state index in [1.54, 1.807) is 4.90 Å². The molecule has 0 aliphatic carbocycles. The minimum Gasteiger partial charge on any atom is -0.461 e. The van der Waals surface area contributed by atoms with Crippen LogP contribution in [0.25, 0.3) is 0 Å². The van der Waals surface area contributed by atoms with Crippen LogP contribution in [0.1, 0.15) is 65.4 Å². The minimum absolute atomic E-state index is 0.0955. The summed E-state index contributed by atoms with van der Waals surface area (Å²) in [6.07, 6.45) is 3.72. The van der Waals surface area contributed by atoms with Crippen LogP contribution in [0.3, 0.4) is 0 Å². The molecule has 0 N–H and O–H groups in total. The standard InChI is InChI=1S/C24H41NO4Si/c1-7-8-10-15-22(26)25(18-19-29-30(5,6)24(2,3)4)17-16-23(27)28-20-21-13-11-9-12-14-21/h9,11-14H,7-8,10,15-20H2,1-6H3. The Balaban J connectivity index is 2.55. The Morgan fingerprint density at radius 3 is 2.27 bits per heavy atom. The van der Waals surface area contributed by atoms with Crippen LogP contribution in [0.4, 0.5) is 0 Å². The van der Waals surface area contributed by atoms with Crippen LogP contribution in [-0.4, -0.2) is 44.8 Å². The highest BCUT2D eigenvalue weighted by Crippen LogP contribution is 2.36. The fraction of sp³-hybridized carbons (Fsp3) is 0.667. The number of hydrogen-bond donors (Lipinski definition) is 0. The van der Waals surface area contributed by atoms with Gasteiger partial charge in [0.25, 0.3) is 0 Å². The maximum Gasteiger partial charge on any atom is 0.307 e. The first kappa shape index (κ1) is 26.4. The van der Waals surface area contributed by atoms with Gasteiger partial charge < -0.3 is 14.1 Å². The van der Waals surface area contributed by atoms with E-state index >= 15 is 0 Å². The van der Waals surface area contributed by atoms with E-state index in [-0.39, 0.29) is 29.9 Å². The number of benzene rings is 1. The molecule has 1 aromatic carbocycles. The number of carbonyl (C=O) groups excluding carboxylic acids is 2. The van der Waals surface area contributed by atoms with Crippen molar-refractivity contribution in [2.75, 3.05) is 19.7 Å². The first-order chi connectivity index (χ1) is 14.1.